The molecule has 5 nitrogen and oxygen atoms in total. The summed E-state index contributed by atoms with van der Waals surface area (Å²) in [7, 11) is 0. The van der Waals surface area contributed by atoms with E-state index in [-0.39, 0.29) is 0 Å². The van der Waals surface area contributed by atoms with E-state index in [1.165, 1.54) is 23.2 Å². The zero-order valence-electron chi connectivity index (χ0n) is 15.2. The number of hydrogen-bond acceptors (Lipinski definition) is 3. The third kappa shape index (κ3) is 4.98. The molecular formula is C19H29N3O2. The van der Waals surface area contributed by atoms with Crippen molar-refractivity contribution in [1.82, 2.24) is 10.6 Å². The predicted octanol–water partition coefficient (Wildman–Crippen LogP) is 2.03. The van der Waals surface area contributed by atoms with Crippen molar-refractivity contribution in [3.63, 3.8) is 0 Å². The van der Waals surface area contributed by atoms with Gasteiger partial charge < -0.3 is 15.5 Å². The molecule has 2 amide bonds. The lowest BCUT2D eigenvalue weighted by Crippen LogP contribution is -2.48. The Labute approximate surface area is 144 Å². The molecule has 1 aliphatic rings. The average Bonchev–Trinajstić information content (AvgIpc) is 2.52. The van der Waals surface area contributed by atoms with Gasteiger partial charge in [-0.1, -0.05) is 12.1 Å². The molecule has 1 aromatic rings. The van der Waals surface area contributed by atoms with Crippen LogP contribution in [0.2, 0.25) is 0 Å². The van der Waals surface area contributed by atoms with Crippen molar-refractivity contribution >= 4 is 17.5 Å². The zero-order chi connectivity index (χ0) is 17.7. The second kappa shape index (κ2) is 7.69. The van der Waals surface area contributed by atoms with E-state index in [1.54, 1.807) is 0 Å². The van der Waals surface area contributed by atoms with Crippen LogP contribution in [-0.2, 0) is 22.4 Å². The van der Waals surface area contributed by atoms with Crippen LogP contribution in [-0.4, -0.2) is 37.0 Å². The van der Waals surface area contributed by atoms with E-state index < -0.39 is 17.4 Å². The van der Waals surface area contributed by atoms with Crippen molar-refractivity contribution in [1.29, 1.82) is 0 Å². The minimum atomic E-state index is -0.577. The lowest BCUT2D eigenvalue weighted by Gasteiger charge is -2.30. The lowest BCUT2D eigenvalue weighted by molar-refractivity contribution is -0.140. The number of carbonyl (C=O) groups is 2. The van der Waals surface area contributed by atoms with E-state index in [9.17, 15) is 9.59 Å². The van der Waals surface area contributed by atoms with Gasteiger partial charge in [0.25, 0.3) is 0 Å². The minimum absolute atomic E-state index is 0.405. The Kier molecular flexibility index (Phi) is 5.86. The van der Waals surface area contributed by atoms with Gasteiger partial charge in [-0.2, -0.15) is 0 Å². The van der Waals surface area contributed by atoms with Gasteiger partial charge in [0.1, 0.15) is 0 Å². The molecule has 2 rings (SSSR count). The van der Waals surface area contributed by atoms with E-state index in [2.05, 4.69) is 40.7 Å². The Balaban J connectivity index is 1.87. The lowest BCUT2D eigenvalue weighted by atomic mass is 9.98. The molecule has 2 N–H and O–H groups in total. The summed E-state index contributed by atoms with van der Waals surface area (Å²) in [6, 6.07) is 6.54. The van der Waals surface area contributed by atoms with Crippen LogP contribution < -0.4 is 15.5 Å². The van der Waals surface area contributed by atoms with E-state index in [4.69, 9.17) is 0 Å². The highest BCUT2D eigenvalue weighted by molar-refractivity contribution is 6.35. The topological polar surface area (TPSA) is 61.4 Å². The third-order valence-electron chi connectivity index (χ3n) is 4.13. The Morgan fingerprint density at radius 2 is 1.96 bits per heavy atom. The fourth-order valence-corrected chi connectivity index (χ4v) is 3.01. The number of nitrogens with zero attached hydrogens (tertiary/aromatic N) is 1. The number of nitrogens with one attached hydrogen (secondary N) is 2. The fourth-order valence-electron chi connectivity index (χ4n) is 3.01. The number of amides is 2. The van der Waals surface area contributed by atoms with Crippen LogP contribution in [0.3, 0.4) is 0 Å². The molecule has 0 bridgehead atoms. The molecule has 5 heteroatoms. The Hall–Kier alpha value is -2.04. The highest BCUT2D eigenvalue weighted by Gasteiger charge is 2.20. The second-order valence-electron chi connectivity index (χ2n) is 7.36. The summed E-state index contributed by atoms with van der Waals surface area (Å²) in [5.41, 5.74) is 3.51. The Bertz CT molecular complexity index is 605. The van der Waals surface area contributed by atoms with Crippen LogP contribution in [0.4, 0.5) is 5.69 Å². The summed E-state index contributed by atoms with van der Waals surface area (Å²) < 4.78 is 0. The van der Waals surface area contributed by atoms with Crippen molar-refractivity contribution in [3.8, 4) is 0 Å². The third-order valence-corrected chi connectivity index (χ3v) is 4.13. The molecule has 0 fully saturated rings. The predicted molar refractivity (Wildman–Crippen MR) is 97.3 cm³/mol. The molecule has 0 aliphatic carbocycles. The molecule has 0 spiro atoms. The molecule has 0 aromatic heterocycles. The number of hydrogen-bond donors (Lipinski definition) is 2. The van der Waals surface area contributed by atoms with E-state index in [0.29, 0.717) is 6.54 Å². The Morgan fingerprint density at radius 1 is 1.21 bits per heavy atom. The highest BCUT2D eigenvalue weighted by Crippen LogP contribution is 2.27. The number of carbonyl (C=O) groups excluding carboxylic acids is 2. The van der Waals surface area contributed by atoms with Gasteiger partial charge in [0.05, 0.1) is 0 Å². The first-order valence-corrected chi connectivity index (χ1v) is 8.77. The summed E-state index contributed by atoms with van der Waals surface area (Å²) >= 11 is 0. The van der Waals surface area contributed by atoms with Crippen LogP contribution in [0.1, 0.15) is 45.2 Å². The maximum Gasteiger partial charge on any atom is 0.309 e. The zero-order valence-corrected chi connectivity index (χ0v) is 15.2. The Morgan fingerprint density at radius 3 is 2.62 bits per heavy atom. The van der Waals surface area contributed by atoms with Crippen LogP contribution in [0.5, 0.6) is 0 Å². The largest absolute Gasteiger partial charge is 0.372 e. The summed E-state index contributed by atoms with van der Waals surface area (Å²) in [5.74, 6) is -1.15. The molecular weight excluding hydrogens is 302 g/mol. The fraction of sp³-hybridized carbons (Fsp3) is 0.579. The minimum Gasteiger partial charge on any atom is -0.372 e. The van der Waals surface area contributed by atoms with Crippen molar-refractivity contribution in [3.05, 3.63) is 29.3 Å². The van der Waals surface area contributed by atoms with Gasteiger partial charge in [0, 0.05) is 30.9 Å². The molecule has 0 saturated carbocycles. The molecule has 0 unspecified atom stereocenters. The maximum atomic E-state index is 11.8. The molecule has 0 saturated heterocycles. The van der Waals surface area contributed by atoms with Gasteiger partial charge in [-0.05, 0) is 64.2 Å². The van der Waals surface area contributed by atoms with Gasteiger partial charge in [-0.15, -0.1) is 0 Å². The number of anilines is 1. The number of rotatable bonds is 4. The van der Waals surface area contributed by atoms with Gasteiger partial charge in [0.15, 0.2) is 0 Å². The van der Waals surface area contributed by atoms with E-state index in [1.807, 2.05) is 20.8 Å². The summed E-state index contributed by atoms with van der Waals surface area (Å²) in [6.07, 6.45) is 3.03. The summed E-state index contributed by atoms with van der Waals surface area (Å²) in [4.78, 5) is 25.9. The number of benzene rings is 1. The average molecular weight is 331 g/mol. The molecule has 0 radical (unpaired) electrons. The van der Waals surface area contributed by atoms with Crippen LogP contribution in [0, 0.1) is 0 Å². The highest BCUT2D eigenvalue weighted by atomic mass is 16.2. The molecule has 1 aliphatic heterocycles. The normalized spacial score (nSPS) is 14.1. The number of aryl methyl sites for hydroxylation is 1. The molecule has 0 atom stereocenters. The van der Waals surface area contributed by atoms with E-state index >= 15 is 0 Å². The first kappa shape index (κ1) is 18.3. The molecule has 132 valence electrons. The summed E-state index contributed by atoms with van der Waals surface area (Å²) in [6.45, 7) is 10.4. The van der Waals surface area contributed by atoms with Gasteiger partial charge in [-0.3, -0.25) is 9.59 Å². The molecule has 1 aromatic carbocycles. The van der Waals surface area contributed by atoms with Crippen molar-refractivity contribution in [2.75, 3.05) is 24.5 Å². The van der Waals surface area contributed by atoms with Crippen molar-refractivity contribution in [2.24, 2.45) is 0 Å². The van der Waals surface area contributed by atoms with Crippen LogP contribution >= 0.6 is 0 Å². The van der Waals surface area contributed by atoms with Crippen molar-refractivity contribution in [2.45, 2.75) is 52.5 Å². The van der Waals surface area contributed by atoms with E-state index in [0.717, 1.165) is 25.9 Å². The maximum absolute atomic E-state index is 11.8. The first-order chi connectivity index (χ1) is 11.3. The smallest absolute Gasteiger partial charge is 0.309 e. The standard InChI is InChI=1S/C19H29N3O2/c1-5-22-12-6-7-15-13-14(8-9-16(15)22)10-11-20-17(23)18(24)21-19(2,3)4/h8-9,13H,5-7,10-12H2,1-4H3,(H,20,23)(H,21,24). The SMILES string of the molecule is CCN1CCCc2cc(CCNC(=O)C(=O)NC(C)(C)C)ccc21. The van der Waals surface area contributed by atoms with Crippen molar-refractivity contribution < 1.29 is 9.59 Å². The first-order valence-electron chi connectivity index (χ1n) is 8.77. The quantitative estimate of drug-likeness (QED) is 0.830. The van der Waals surface area contributed by atoms with Crippen LogP contribution in [0.15, 0.2) is 18.2 Å². The number of fused-ring (bicyclic) bond motifs is 1. The summed E-state index contributed by atoms with van der Waals surface area (Å²) in [5, 5.41) is 5.36. The molecule has 24 heavy (non-hydrogen) atoms. The van der Waals surface area contributed by atoms with Gasteiger partial charge in [0.2, 0.25) is 0 Å². The van der Waals surface area contributed by atoms with Gasteiger partial charge >= 0.3 is 11.8 Å². The second-order valence-corrected chi connectivity index (χ2v) is 7.36. The van der Waals surface area contributed by atoms with Crippen LogP contribution in [0.25, 0.3) is 0 Å². The molecule has 1 heterocycles. The monoisotopic (exact) mass is 331 g/mol. The van der Waals surface area contributed by atoms with Gasteiger partial charge in [-0.25, -0.2) is 0 Å².